The van der Waals surface area contributed by atoms with Gasteiger partial charge in [0.2, 0.25) is 0 Å². The molecule has 2 rings (SSSR count). The van der Waals surface area contributed by atoms with Gasteiger partial charge in [0.05, 0.1) is 11.1 Å². The number of nitrogens with zero attached hydrogens (tertiary/aromatic N) is 2. The molecule has 1 heterocycles. The van der Waals surface area contributed by atoms with Crippen molar-refractivity contribution in [3.05, 3.63) is 39.8 Å². The zero-order valence-corrected chi connectivity index (χ0v) is 11.2. The molecule has 0 aliphatic carbocycles. The summed E-state index contributed by atoms with van der Waals surface area (Å²) in [5.74, 6) is -0.958. The van der Waals surface area contributed by atoms with Crippen molar-refractivity contribution in [2.45, 2.75) is 33.2 Å². The van der Waals surface area contributed by atoms with Gasteiger partial charge in [0.1, 0.15) is 6.54 Å². The minimum Gasteiger partial charge on any atom is -0.480 e. The van der Waals surface area contributed by atoms with E-state index in [1.54, 1.807) is 6.07 Å². The monoisotopic (exact) mass is 260 g/mol. The number of rotatable bonds is 3. The number of carbonyl (C=O) groups is 1. The molecule has 0 amide bonds. The molecule has 0 spiro atoms. The van der Waals surface area contributed by atoms with Crippen LogP contribution in [0.15, 0.2) is 23.0 Å². The van der Waals surface area contributed by atoms with Crippen LogP contribution in [0.5, 0.6) is 0 Å². The normalized spacial score (nSPS) is 11.2. The molecule has 19 heavy (non-hydrogen) atoms. The van der Waals surface area contributed by atoms with E-state index in [0.29, 0.717) is 5.39 Å². The van der Waals surface area contributed by atoms with Crippen LogP contribution >= 0.6 is 0 Å². The second kappa shape index (κ2) is 4.84. The summed E-state index contributed by atoms with van der Waals surface area (Å²) in [7, 11) is 0. The van der Waals surface area contributed by atoms with Crippen molar-refractivity contribution in [3.8, 4) is 0 Å². The van der Waals surface area contributed by atoms with E-state index in [2.05, 4.69) is 5.10 Å². The predicted molar refractivity (Wildman–Crippen MR) is 72.5 cm³/mol. The van der Waals surface area contributed by atoms with Crippen LogP contribution in [0, 0.1) is 6.92 Å². The van der Waals surface area contributed by atoms with Crippen molar-refractivity contribution in [3.63, 3.8) is 0 Å². The fourth-order valence-electron chi connectivity index (χ4n) is 2.09. The number of carboxylic acids is 1. The Morgan fingerprint density at radius 3 is 2.63 bits per heavy atom. The molecule has 0 atom stereocenters. The second-order valence-electron chi connectivity index (χ2n) is 4.95. The number of aryl methyl sites for hydroxylation is 1. The summed E-state index contributed by atoms with van der Waals surface area (Å²) in [5, 5.41) is 14.4. The predicted octanol–water partition coefficient (Wildman–Crippen LogP) is 1.91. The fraction of sp³-hybridized carbons (Fsp3) is 0.357. The highest BCUT2D eigenvalue weighted by molar-refractivity contribution is 5.84. The van der Waals surface area contributed by atoms with Gasteiger partial charge in [0.25, 0.3) is 5.56 Å². The Morgan fingerprint density at radius 2 is 2.05 bits per heavy atom. The maximum Gasteiger partial charge on any atom is 0.325 e. The number of benzene rings is 1. The SMILES string of the molecule is Cc1ccc2c(=O)n(CC(=O)O)nc(C(C)C)c2c1. The van der Waals surface area contributed by atoms with E-state index >= 15 is 0 Å². The number of aliphatic carboxylic acids is 1. The molecule has 0 aliphatic heterocycles. The van der Waals surface area contributed by atoms with Crippen molar-refractivity contribution in [2.24, 2.45) is 0 Å². The first-order chi connectivity index (χ1) is 8.90. The second-order valence-corrected chi connectivity index (χ2v) is 4.95. The van der Waals surface area contributed by atoms with Crippen molar-refractivity contribution >= 4 is 16.7 Å². The summed E-state index contributed by atoms with van der Waals surface area (Å²) in [6.07, 6.45) is 0. The third kappa shape index (κ3) is 2.50. The van der Waals surface area contributed by atoms with Crippen LogP contribution in [-0.2, 0) is 11.3 Å². The number of carboxylic acid groups (broad SMARTS) is 1. The smallest absolute Gasteiger partial charge is 0.325 e. The first-order valence-corrected chi connectivity index (χ1v) is 6.13. The number of hydrogen-bond donors (Lipinski definition) is 1. The van der Waals surface area contributed by atoms with E-state index in [1.165, 1.54) is 0 Å². The van der Waals surface area contributed by atoms with Gasteiger partial charge < -0.3 is 5.11 Å². The Morgan fingerprint density at radius 1 is 1.37 bits per heavy atom. The van der Waals surface area contributed by atoms with Crippen molar-refractivity contribution < 1.29 is 9.90 Å². The summed E-state index contributed by atoms with van der Waals surface area (Å²) < 4.78 is 1.02. The van der Waals surface area contributed by atoms with Gasteiger partial charge in [-0.1, -0.05) is 25.5 Å². The lowest BCUT2D eigenvalue weighted by molar-refractivity contribution is -0.138. The van der Waals surface area contributed by atoms with Gasteiger partial charge in [-0.05, 0) is 25.0 Å². The molecule has 0 saturated heterocycles. The Bertz CT molecular complexity index is 702. The van der Waals surface area contributed by atoms with E-state index < -0.39 is 12.5 Å². The van der Waals surface area contributed by atoms with Crippen LogP contribution in [0.4, 0.5) is 0 Å². The maximum absolute atomic E-state index is 12.2. The summed E-state index contributed by atoms with van der Waals surface area (Å²) in [6.45, 7) is 5.48. The van der Waals surface area contributed by atoms with Gasteiger partial charge in [-0.15, -0.1) is 0 Å². The van der Waals surface area contributed by atoms with Gasteiger partial charge in [0.15, 0.2) is 0 Å². The quantitative estimate of drug-likeness (QED) is 0.915. The van der Waals surface area contributed by atoms with Crippen LogP contribution in [-0.4, -0.2) is 20.9 Å². The van der Waals surface area contributed by atoms with Gasteiger partial charge in [-0.2, -0.15) is 5.10 Å². The zero-order chi connectivity index (χ0) is 14.2. The standard InChI is InChI=1S/C14H16N2O3/c1-8(2)13-11-6-9(3)4-5-10(11)14(19)16(15-13)7-12(17)18/h4-6,8H,7H2,1-3H3,(H,17,18). The molecule has 1 aromatic heterocycles. The average Bonchev–Trinajstić information content (AvgIpc) is 2.31. The molecule has 1 aromatic carbocycles. The number of fused-ring (bicyclic) bond motifs is 1. The van der Waals surface area contributed by atoms with Gasteiger partial charge in [-0.3, -0.25) is 9.59 Å². The topological polar surface area (TPSA) is 72.2 Å². The number of aromatic nitrogens is 2. The third-order valence-corrected chi connectivity index (χ3v) is 2.98. The molecule has 1 N–H and O–H groups in total. The Balaban J connectivity index is 2.82. The zero-order valence-electron chi connectivity index (χ0n) is 11.2. The summed E-state index contributed by atoms with van der Waals surface area (Å²) >= 11 is 0. The third-order valence-electron chi connectivity index (χ3n) is 2.98. The van der Waals surface area contributed by atoms with Gasteiger partial charge in [0, 0.05) is 5.39 Å². The van der Waals surface area contributed by atoms with Crippen molar-refractivity contribution in [1.82, 2.24) is 9.78 Å². The van der Waals surface area contributed by atoms with Crippen LogP contribution in [0.25, 0.3) is 10.8 Å². The highest BCUT2D eigenvalue weighted by atomic mass is 16.4. The first-order valence-electron chi connectivity index (χ1n) is 6.13. The molecule has 5 heteroatoms. The lowest BCUT2D eigenvalue weighted by atomic mass is 10.0. The van der Waals surface area contributed by atoms with Gasteiger partial charge >= 0.3 is 5.97 Å². The highest BCUT2D eigenvalue weighted by Gasteiger charge is 2.14. The minimum absolute atomic E-state index is 0.116. The molecule has 0 unspecified atom stereocenters. The van der Waals surface area contributed by atoms with Crippen LogP contribution in [0.2, 0.25) is 0 Å². The van der Waals surface area contributed by atoms with Crippen molar-refractivity contribution in [1.29, 1.82) is 0 Å². The first kappa shape index (κ1) is 13.3. The van der Waals surface area contributed by atoms with E-state index in [4.69, 9.17) is 5.11 Å². The lowest BCUT2D eigenvalue weighted by Crippen LogP contribution is -2.28. The van der Waals surface area contributed by atoms with E-state index in [-0.39, 0.29) is 11.5 Å². The van der Waals surface area contributed by atoms with Crippen LogP contribution < -0.4 is 5.56 Å². The summed E-state index contributed by atoms with van der Waals surface area (Å²) in [5.41, 5.74) is 1.44. The van der Waals surface area contributed by atoms with E-state index in [9.17, 15) is 9.59 Å². The summed E-state index contributed by atoms with van der Waals surface area (Å²) in [4.78, 5) is 23.0. The molecule has 2 aromatic rings. The molecule has 0 radical (unpaired) electrons. The van der Waals surface area contributed by atoms with Gasteiger partial charge in [-0.25, -0.2) is 4.68 Å². The molecule has 0 saturated carbocycles. The van der Waals surface area contributed by atoms with E-state index in [1.807, 2.05) is 32.9 Å². The molecule has 100 valence electrons. The molecular weight excluding hydrogens is 244 g/mol. The van der Waals surface area contributed by atoms with Crippen LogP contribution in [0.1, 0.15) is 31.0 Å². The Kier molecular flexibility index (Phi) is 3.38. The molecular formula is C14H16N2O3. The largest absolute Gasteiger partial charge is 0.480 e. The summed E-state index contributed by atoms with van der Waals surface area (Å²) in [6, 6.07) is 5.50. The average molecular weight is 260 g/mol. The Labute approximate surface area is 110 Å². The molecule has 0 bridgehead atoms. The molecule has 0 aliphatic rings. The van der Waals surface area contributed by atoms with E-state index in [0.717, 1.165) is 21.3 Å². The lowest BCUT2D eigenvalue weighted by Gasteiger charge is -2.12. The maximum atomic E-state index is 12.2. The molecule has 0 fully saturated rings. The molecule has 5 nitrogen and oxygen atoms in total. The minimum atomic E-state index is -1.07. The number of hydrogen-bond acceptors (Lipinski definition) is 3. The van der Waals surface area contributed by atoms with Crippen molar-refractivity contribution in [2.75, 3.05) is 0 Å². The highest BCUT2D eigenvalue weighted by Crippen LogP contribution is 2.21. The Hall–Kier alpha value is -2.17. The fourth-order valence-corrected chi connectivity index (χ4v) is 2.09. The van der Waals surface area contributed by atoms with Crippen LogP contribution in [0.3, 0.4) is 0 Å².